The van der Waals surface area contributed by atoms with E-state index in [0.717, 1.165) is 24.4 Å². The van der Waals surface area contributed by atoms with Crippen molar-refractivity contribution in [2.45, 2.75) is 53.6 Å². The molecule has 5 heteroatoms. The van der Waals surface area contributed by atoms with E-state index < -0.39 is 6.04 Å². The molecule has 1 heterocycles. The second-order valence-corrected chi connectivity index (χ2v) is 6.14. The monoisotopic (exact) mass is 266 g/mol. The van der Waals surface area contributed by atoms with Gasteiger partial charge in [-0.3, -0.25) is 9.48 Å². The van der Waals surface area contributed by atoms with Crippen LogP contribution in [0.5, 0.6) is 0 Å². The summed E-state index contributed by atoms with van der Waals surface area (Å²) in [6, 6.07) is 1.58. The minimum atomic E-state index is -0.471. The van der Waals surface area contributed by atoms with Gasteiger partial charge in [-0.05, 0) is 31.7 Å². The van der Waals surface area contributed by atoms with E-state index in [1.54, 1.807) is 0 Å². The van der Waals surface area contributed by atoms with Crippen molar-refractivity contribution in [2.24, 2.45) is 11.1 Å². The fourth-order valence-corrected chi connectivity index (χ4v) is 1.84. The lowest BCUT2D eigenvalue weighted by Gasteiger charge is -2.25. The van der Waals surface area contributed by atoms with Crippen molar-refractivity contribution >= 4 is 5.91 Å². The van der Waals surface area contributed by atoms with Crippen LogP contribution in [0, 0.1) is 19.3 Å². The molecule has 0 saturated carbocycles. The molecule has 0 aliphatic rings. The third-order valence-corrected chi connectivity index (χ3v) is 3.16. The molecule has 1 amide bonds. The van der Waals surface area contributed by atoms with E-state index >= 15 is 0 Å². The van der Waals surface area contributed by atoms with Crippen LogP contribution in [0.2, 0.25) is 0 Å². The zero-order chi connectivity index (χ0) is 14.6. The molecule has 0 saturated heterocycles. The van der Waals surface area contributed by atoms with E-state index in [2.05, 4.69) is 10.4 Å². The molecule has 0 fully saturated rings. The van der Waals surface area contributed by atoms with Crippen molar-refractivity contribution < 1.29 is 4.79 Å². The lowest BCUT2D eigenvalue weighted by atomic mass is 9.87. The van der Waals surface area contributed by atoms with Crippen LogP contribution in [-0.2, 0) is 11.3 Å². The van der Waals surface area contributed by atoms with Gasteiger partial charge >= 0.3 is 0 Å². The number of hydrogen-bond donors (Lipinski definition) is 2. The van der Waals surface area contributed by atoms with Gasteiger partial charge in [0.15, 0.2) is 0 Å². The summed E-state index contributed by atoms with van der Waals surface area (Å²) in [7, 11) is 0. The Morgan fingerprint density at radius 1 is 1.47 bits per heavy atom. The molecular formula is C14H26N4O. The minimum Gasteiger partial charge on any atom is -0.355 e. The SMILES string of the molecule is Cc1cc(C)n(CCCNC(=O)[C@@H](N)C(C)(C)C)n1. The number of carbonyl (C=O) groups is 1. The predicted octanol–water partition coefficient (Wildman–Crippen LogP) is 1.38. The smallest absolute Gasteiger partial charge is 0.237 e. The van der Waals surface area contributed by atoms with Crippen molar-refractivity contribution in [3.63, 3.8) is 0 Å². The van der Waals surface area contributed by atoms with Crippen molar-refractivity contribution in [2.75, 3.05) is 6.54 Å². The molecule has 0 bridgehead atoms. The Morgan fingerprint density at radius 3 is 2.58 bits per heavy atom. The number of hydrogen-bond acceptors (Lipinski definition) is 3. The molecule has 19 heavy (non-hydrogen) atoms. The van der Waals surface area contributed by atoms with Crippen molar-refractivity contribution in [1.29, 1.82) is 0 Å². The molecule has 0 unspecified atom stereocenters. The predicted molar refractivity (Wildman–Crippen MR) is 76.8 cm³/mol. The zero-order valence-corrected chi connectivity index (χ0v) is 12.7. The van der Waals surface area contributed by atoms with Gasteiger partial charge in [-0.25, -0.2) is 0 Å². The first-order valence-electron chi connectivity index (χ1n) is 6.76. The van der Waals surface area contributed by atoms with E-state index in [9.17, 15) is 4.79 Å². The van der Waals surface area contributed by atoms with Crippen molar-refractivity contribution in [1.82, 2.24) is 15.1 Å². The Bertz CT molecular complexity index is 431. The summed E-state index contributed by atoms with van der Waals surface area (Å²) in [5, 5.41) is 7.26. The highest BCUT2D eigenvalue weighted by atomic mass is 16.2. The molecule has 1 aromatic heterocycles. The highest BCUT2D eigenvalue weighted by Crippen LogP contribution is 2.17. The Hall–Kier alpha value is -1.36. The maximum absolute atomic E-state index is 11.8. The number of nitrogens with zero attached hydrogens (tertiary/aromatic N) is 2. The maximum atomic E-state index is 11.8. The van der Waals surface area contributed by atoms with Gasteiger partial charge in [0, 0.05) is 18.8 Å². The molecule has 0 aliphatic carbocycles. The normalized spacial score (nSPS) is 13.4. The lowest BCUT2D eigenvalue weighted by Crippen LogP contribution is -2.48. The van der Waals surface area contributed by atoms with E-state index in [1.807, 2.05) is 45.4 Å². The second-order valence-electron chi connectivity index (χ2n) is 6.14. The summed E-state index contributed by atoms with van der Waals surface area (Å²) in [5.74, 6) is -0.0825. The Kier molecular flexibility index (Phi) is 5.11. The van der Waals surface area contributed by atoms with Gasteiger partial charge in [-0.15, -0.1) is 0 Å². The summed E-state index contributed by atoms with van der Waals surface area (Å²) < 4.78 is 1.96. The number of aromatic nitrogens is 2. The molecule has 1 rings (SSSR count). The molecule has 0 radical (unpaired) electrons. The summed E-state index contributed by atoms with van der Waals surface area (Å²) in [5.41, 5.74) is 7.85. The summed E-state index contributed by atoms with van der Waals surface area (Å²) in [6.07, 6.45) is 0.852. The first kappa shape index (κ1) is 15.7. The van der Waals surface area contributed by atoms with Gasteiger partial charge in [0.2, 0.25) is 5.91 Å². The van der Waals surface area contributed by atoms with Crippen LogP contribution < -0.4 is 11.1 Å². The molecule has 3 N–H and O–H groups in total. The summed E-state index contributed by atoms with van der Waals surface area (Å²) in [4.78, 5) is 11.8. The van der Waals surface area contributed by atoms with Crippen molar-refractivity contribution in [3.05, 3.63) is 17.5 Å². The molecule has 5 nitrogen and oxygen atoms in total. The van der Waals surface area contributed by atoms with Crippen LogP contribution in [-0.4, -0.2) is 28.3 Å². The van der Waals surface area contributed by atoms with Gasteiger partial charge in [-0.1, -0.05) is 20.8 Å². The molecule has 1 aromatic rings. The third kappa shape index (κ3) is 4.67. The van der Waals surface area contributed by atoms with Crippen LogP contribution in [0.3, 0.4) is 0 Å². The molecule has 108 valence electrons. The minimum absolute atomic E-state index is 0.0825. The molecular weight excluding hydrogens is 240 g/mol. The standard InChI is InChI=1S/C14H26N4O/c1-10-9-11(2)18(17-10)8-6-7-16-13(19)12(15)14(3,4)5/h9,12H,6-8,15H2,1-5H3,(H,16,19)/t12-/m1/s1. The first-order valence-corrected chi connectivity index (χ1v) is 6.76. The Morgan fingerprint density at radius 2 is 2.11 bits per heavy atom. The summed E-state index contributed by atoms with van der Waals surface area (Å²) >= 11 is 0. The molecule has 0 aliphatic heterocycles. The summed E-state index contributed by atoms with van der Waals surface area (Å²) in [6.45, 7) is 11.3. The Labute approximate surface area is 115 Å². The van der Waals surface area contributed by atoms with Gasteiger partial charge in [0.1, 0.15) is 0 Å². The first-order chi connectivity index (χ1) is 8.71. The van der Waals surface area contributed by atoms with Crippen LogP contribution in [0.1, 0.15) is 38.6 Å². The van der Waals surface area contributed by atoms with Crippen molar-refractivity contribution in [3.8, 4) is 0 Å². The fraction of sp³-hybridized carbons (Fsp3) is 0.714. The van der Waals surface area contributed by atoms with E-state index in [4.69, 9.17) is 5.73 Å². The molecule has 0 aromatic carbocycles. The van der Waals surface area contributed by atoms with Crippen LogP contribution in [0.4, 0.5) is 0 Å². The maximum Gasteiger partial charge on any atom is 0.237 e. The zero-order valence-electron chi connectivity index (χ0n) is 12.7. The number of rotatable bonds is 5. The van der Waals surface area contributed by atoms with Crippen LogP contribution >= 0.6 is 0 Å². The topological polar surface area (TPSA) is 72.9 Å². The van der Waals surface area contributed by atoms with Gasteiger partial charge < -0.3 is 11.1 Å². The number of nitrogens with two attached hydrogens (primary N) is 1. The van der Waals surface area contributed by atoms with Gasteiger partial charge in [0.25, 0.3) is 0 Å². The molecule has 1 atom stereocenters. The Balaban J connectivity index is 2.32. The average molecular weight is 266 g/mol. The lowest BCUT2D eigenvalue weighted by molar-refractivity contribution is -0.124. The number of nitrogens with one attached hydrogen (secondary N) is 1. The van der Waals surface area contributed by atoms with Gasteiger partial charge in [0.05, 0.1) is 11.7 Å². The average Bonchev–Trinajstić information content (AvgIpc) is 2.61. The number of aryl methyl sites for hydroxylation is 3. The van der Waals surface area contributed by atoms with Crippen LogP contribution in [0.15, 0.2) is 6.07 Å². The third-order valence-electron chi connectivity index (χ3n) is 3.16. The fourth-order valence-electron chi connectivity index (χ4n) is 1.84. The number of carbonyl (C=O) groups excluding carboxylic acids is 1. The highest BCUT2D eigenvalue weighted by Gasteiger charge is 2.26. The van der Waals surface area contributed by atoms with E-state index in [1.165, 1.54) is 0 Å². The number of amides is 1. The second kappa shape index (κ2) is 6.19. The van der Waals surface area contributed by atoms with E-state index in [-0.39, 0.29) is 11.3 Å². The van der Waals surface area contributed by atoms with Gasteiger partial charge in [-0.2, -0.15) is 5.10 Å². The molecule has 0 spiro atoms. The van der Waals surface area contributed by atoms with Crippen LogP contribution in [0.25, 0.3) is 0 Å². The largest absolute Gasteiger partial charge is 0.355 e. The highest BCUT2D eigenvalue weighted by molar-refractivity contribution is 5.82. The quantitative estimate of drug-likeness (QED) is 0.791. The van der Waals surface area contributed by atoms with E-state index in [0.29, 0.717) is 6.54 Å².